The van der Waals surface area contributed by atoms with E-state index in [2.05, 4.69) is 4.98 Å². The molecule has 84 valence electrons. The van der Waals surface area contributed by atoms with Crippen molar-refractivity contribution in [1.82, 2.24) is 4.98 Å². The van der Waals surface area contributed by atoms with Crippen molar-refractivity contribution in [3.05, 3.63) is 17.8 Å². The van der Waals surface area contributed by atoms with Gasteiger partial charge in [0.25, 0.3) is 0 Å². The van der Waals surface area contributed by atoms with Crippen LogP contribution in [-0.4, -0.2) is 30.0 Å². The lowest BCUT2D eigenvalue weighted by molar-refractivity contribution is 0.276. The van der Waals surface area contributed by atoms with Crippen molar-refractivity contribution in [2.75, 3.05) is 11.5 Å². The summed E-state index contributed by atoms with van der Waals surface area (Å²) in [6.45, 7) is -0.144. The third kappa shape index (κ3) is 2.38. The molecule has 0 saturated carbocycles. The van der Waals surface area contributed by atoms with Crippen molar-refractivity contribution in [2.24, 2.45) is 0 Å². The van der Waals surface area contributed by atoms with Crippen LogP contribution in [0.3, 0.4) is 0 Å². The Bertz CT molecular complexity index is 423. The third-order valence-electron chi connectivity index (χ3n) is 2.64. The van der Waals surface area contributed by atoms with Crippen LogP contribution in [0.4, 0.5) is 0 Å². The SMILES string of the molecule is O=S1(=O)CCC(c2nc(CO)co2)CC1. The first-order valence-corrected chi connectivity index (χ1v) is 6.68. The van der Waals surface area contributed by atoms with Gasteiger partial charge in [-0.05, 0) is 12.8 Å². The molecule has 0 unspecified atom stereocenters. The molecule has 2 heterocycles. The zero-order valence-electron chi connectivity index (χ0n) is 8.22. The van der Waals surface area contributed by atoms with E-state index in [1.807, 2.05) is 0 Å². The van der Waals surface area contributed by atoms with Crippen molar-refractivity contribution < 1.29 is 17.9 Å². The number of oxazole rings is 1. The first-order chi connectivity index (χ1) is 7.11. The van der Waals surface area contributed by atoms with Crippen LogP contribution in [-0.2, 0) is 16.4 Å². The van der Waals surface area contributed by atoms with Crippen LogP contribution in [0.15, 0.2) is 10.7 Å². The van der Waals surface area contributed by atoms with Crippen LogP contribution < -0.4 is 0 Å². The second kappa shape index (κ2) is 3.94. The number of sulfone groups is 1. The van der Waals surface area contributed by atoms with Gasteiger partial charge in [-0.2, -0.15) is 0 Å². The van der Waals surface area contributed by atoms with E-state index in [9.17, 15) is 8.42 Å². The maximum absolute atomic E-state index is 11.2. The van der Waals surface area contributed by atoms with Gasteiger partial charge >= 0.3 is 0 Å². The van der Waals surface area contributed by atoms with Crippen molar-refractivity contribution in [3.63, 3.8) is 0 Å². The lowest BCUT2D eigenvalue weighted by Crippen LogP contribution is -2.22. The quantitative estimate of drug-likeness (QED) is 0.799. The van der Waals surface area contributed by atoms with Crippen molar-refractivity contribution in [3.8, 4) is 0 Å². The summed E-state index contributed by atoms with van der Waals surface area (Å²) >= 11 is 0. The fourth-order valence-electron chi connectivity index (χ4n) is 1.72. The predicted molar refractivity (Wildman–Crippen MR) is 53.1 cm³/mol. The molecule has 1 aromatic heterocycles. The average molecular weight is 231 g/mol. The summed E-state index contributed by atoms with van der Waals surface area (Å²) in [5.74, 6) is 1.03. The Morgan fingerprint density at radius 2 is 2.13 bits per heavy atom. The molecular weight excluding hydrogens is 218 g/mol. The molecule has 5 nitrogen and oxygen atoms in total. The van der Waals surface area contributed by atoms with E-state index in [4.69, 9.17) is 9.52 Å². The topological polar surface area (TPSA) is 80.4 Å². The molecule has 0 amide bonds. The Morgan fingerprint density at radius 3 is 2.67 bits per heavy atom. The Labute approximate surface area is 88.0 Å². The van der Waals surface area contributed by atoms with E-state index in [0.29, 0.717) is 24.4 Å². The molecule has 1 aromatic rings. The maximum atomic E-state index is 11.2. The van der Waals surface area contributed by atoms with Crippen LogP contribution in [0.1, 0.15) is 30.3 Å². The molecule has 0 radical (unpaired) electrons. The number of hydrogen-bond donors (Lipinski definition) is 1. The summed E-state index contributed by atoms with van der Waals surface area (Å²) in [7, 11) is -2.84. The molecule has 1 aliphatic rings. The van der Waals surface area contributed by atoms with E-state index in [1.165, 1.54) is 6.26 Å². The first-order valence-electron chi connectivity index (χ1n) is 4.86. The minimum atomic E-state index is -2.84. The number of nitrogens with zero attached hydrogens (tertiary/aromatic N) is 1. The average Bonchev–Trinajstić information content (AvgIpc) is 2.66. The number of hydrogen-bond acceptors (Lipinski definition) is 5. The molecule has 0 bridgehead atoms. The van der Waals surface area contributed by atoms with Gasteiger partial charge in [0.2, 0.25) is 0 Å². The number of rotatable bonds is 2. The van der Waals surface area contributed by atoms with Gasteiger partial charge in [-0.1, -0.05) is 0 Å². The van der Waals surface area contributed by atoms with Gasteiger partial charge in [-0.25, -0.2) is 13.4 Å². The molecular formula is C9H13NO4S. The smallest absolute Gasteiger partial charge is 0.197 e. The molecule has 0 atom stereocenters. The Hall–Kier alpha value is -0.880. The van der Waals surface area contributed by atoms with Crippen molar-refractivity contribution in [1.29, 1.82) is 0 Å². The van der Waals surface area contributed by atoms with Crippen LogP contribution in [0.2, 0.25) is 0 Å². The highest BCUT2D eigenvalue weighted by atomic mass is 32.2. The zero-order chi connectivity index (χ0) is 10.9. The van der Waals surface area contributed by atoms with Gasteiger partial charge in [0, 0.05) is 5.92 Å². The van der Waals surface area contributed by atoms with Gasteiger partial charge in [-0.3, -0.25) is 0 Å². The third-order valence-corrected chi connectivity index (χ3v) is 4.35. The molecule has 1 fully saturated rings. The molecule has 0 aromatic carbocycles. The standard InChI is InChI=1S/C9H13NO4S/c11-5-8-6-14-9(10-8)7-1-3-15(12,13)4-2-7/h6-7,11H,1-5H2. The summed E-state index contributed by atoms with van der Waals surface area (Å²) in [5, 5.41) is 8.81. The monoisotopic (exact) mass is 231 g/mol. The summed E-state index contributed by atoms with van der Waals surface area (Å²) < 4.78 is 27.6. The van der Waals surface area contributed by atoms with E-state index in [0.717, 1.165) is 0 Å². The van der Waals surface area contributed by atoms with Crippen LogP contribution in [0, 0.1) is 0 Å². The highest BCUT2D eigenvalue weighted by Crippen LogP contribution is 2.28. The lowest BCUT2D eigenvalue weighted by atomic mass is 10.0. The minimum absolute atomic E-state index is 0.0776. The number of aromatic nitrogens is 1. The van der Waals surface area contributed by atoms with E-state index >= 15 is 0 Å². The minimum Gasteiger partial charge on any atom is -0.448 e. The first kappa shape index (κ1) is 10.6. The normalized spacial score (nSPS) is 21.7. The highest BCUT2D eigenvalue weighted by Gasteiger charge is 2.27. The summed E-state index contributed by atoms with van der Waals surface area (Å²) in [5.41, 5.74) is 0.499. The summed E-state index contributed by atoms with van der Waals surface area (Å²) in [4.78, 5) is 4.09. The molecule has 0 aliphatic carbocycles. The maximum Gasteiger partial charge on any atom is 0.197 e. The Morgan fingerprint density at radius 1 is 1.47 bits per heavy atom. The van der Waals surface area contributed by atoms with Crippen LogP contribution in [0.5, 0.6) is 0 Å². The van der Waals surface area contributed by atoms with Crippen molar-refractivity contribution >= 4 is 9.84 Å². The van der Waals surface area contributed by atoms with E-state index in [1.54, 1.807) is 0 Å². The van der Waals surface area contributed by atoms with Gasteiger partial charge in [-0.15, -0.1) is 0 Å². The van der Waals surface area contributed by atoms with Gasteiger partial charge in [0.05, 0.1) is 18.1 Å². The number of aliphatic hydroxyl groups is 1. The summed E-state index contributed by atoms with van der Waals surface area (Å²) in [6, 6.07) is 0. The fourth-order valence-corrected chi connectivity index (χ4v) is 3.21. The fraction of sp³-hybridized carbons (Fsp3) is 0.667. The van der Waals surface area contributed by atoms with Crippen LogP contribution >= 0.6 is 0 Å². The molecule has 6 heteroatoms. The molecule has 1 saturated heterocycles. The molecule has 1 aliphatic heterocycles. The molecule has 0 spiro atoms. The molecule has 1 N–H and O–H groups in total. The number of aliphatic hydroxyl groups excluding tert-OH is 1. The molecule has 15 heavy (non-hydrogen) atoms. The van der Waals surface area contributed by atoms with E-state index in [-0.39, 0.29) is 24.0 Å². The second-order valence-corrected chi connectivity index (χ2v) is 6.06. The van der Waals surface area contributed by atoms with Gasteiger partial charge < -0.3 is 9.52 Å². The van der Waals surface area contributed by atoms with Gasteiger partial charge in [0.1, 0.15) is 21.8 Å². The van der Waals surface area contributed by atoms with Crippen molar-refractivity contribution in [2.45, 2.75) is 25.4 Å². The lowest BCUT2D eigenvalue weighted by Gasteiger charge is -2.18. The Kier molecular flexibility index (Phi) is 2.79. The van der Waals surface area contributed by atoms with E-state index < -0.39 is 9.84 Å². The highest BCUT2D eigenvalue weighted by molar-refractivity contribution is 7.91. The molecule has 2 rings (SSSR count). The Balaban J connectivity index is 2.07. The van der Waals surface area contributed by atoms with Crippen LogP contribution in [0.25, 0.3) is 0 Å². The zero-order valence-corrected chi connectivity index (χ0v) is 9.03. The van der Waals surface area contributed by atoms with Gasteiger partial charge in [0.15, 0.2) is 5.89 Å². The summed E-state index contributed by atoms with van der Waals surface area (Å²) in [6.07, 6.45) is 2.54. The second-order valence-electron chi connectivity index (χ2n) is 3.76. The largest absolute Gasteiger partial charge is 0.448 e. The predicted octanol–water partition coefficient (Wildman–Crippen LogP) is 0.459.